The maximum Gasteiger partial charge on any atom is 0.416 e. The maximum atomic E-state index is 13.9. The van der Waals surface area contributed by atoms with Crippen molar-refractivity contribution in [3.8, 4) is 5.75 Å². The molecule has 0 bridgehead atoms. The van der Waals surface area contributed by atoms with Gasteiger partial charge in [-0.25, -0.2) is 18.2 Å². The Morgan fingerprint density at radius 2 is 1.75 bits per heavy atom. The summed E-state index contributed by atoms with van der Waals surface area (Å²) in [7, 11) is -4.00. The fraction of sp³-hybridized carbons (Fsp3) is 0.500. The van der Waals surface area contributed by atoms with Gasteiger partial charge in [0.15, 0.2) is 0 Å². The maximum absolute atomic E-state index is 13.9. The number of carbonyl (C=O) groups excluding carboxylic acids is 1. The van der Waals surface area contributed by atoms with Crippen LogP contribution in [0.5, 0.6) is 5.75 Å². The van der Waals surface area contributed by atoms with Crippen LogP contribution in [0.25, 0.3) is 0 Å². The summed E-state index contributed by atoms with van der Waals surface area (Å²) in [4.78, 5) is 18.1. The number of benzene rings is 2. The van der Waals surface area contributed by atoms with Crippen LogP contribution in [0.15, 0.2) is 47.6 Å². The van der Waals surface area contributed by atoms with E-state index in [1.165, 1.54) is 30.6 Å². The highest BCUT2D eigenvalue weighted by Gasteiger charge is 2.39. The zero-order valence-corrected chi connectivity index (χ0v) is 26.7. The van der Waals surface area contributed by atoms with Gasteiger partial charge in [0.25, 0.3) is 10.0 Å². The van der Waals surface area contributed by atoms with Gasteiger partial charge in [-0.3, -0.25) is 4.72 Å². The van der Waals surface area contributed by atoms with E-state index >= 15 is 0 Å². The smallest absolute Gasteiger partial charge is 0.416 e. The zero-order valence-electron chi connectivity index (χ0n) is 25.1. The standard InChI is InChI=1S/C30H35F3N4O5S2/c1-28(2,3)42-27(38)37-12-10-18(11-13-37)23-14-19(30(31,32)33)6-8-21(23)24-16-29(4,5)41-25-15-20(7-9-22(24)25)44(39,40)36-26-34-17-35-43-26/h6-9,14-15,17-18,24H,10-13,16H2,1-5H3,(H,34,35,36)/t24-/m1/s1. The van der Waals surface area contributed by atoms with E-state index in [1.54, 1.807) is 31.7 Å². The predicted molar refractivity (Wildman–Crippen MR) is 160 cm³/mol. The summed E-state index contributed by atoms with van der Waals surface area (Å²) in [6.07, 6.45) is -2.31. The number of halogens is 3. The molecule has 2 aromatic carbocycles. The van der Waals surface area contributed by atoms with Crippen LogP contribution in [0.4, 0.5) is 23.1 Å². The van der Waals surface area contributed by atoms with Crippen molar-refractivity contribution >= 4 is 32.8 Å². The van der Waals surface area contributed by atoms with Crippen LogP contribution < -0.4 is 9.46 Å². The van der Waals surface area contributed by atoms with Gasteiger partial charge in [-0.05, 0) is 89.1 Å². The monoisotopic (exact) mass is 652 g/mol. The molecule has 3 heterocycles. The summed E-state index contributed by atoms with van der Waals surface area (Å²) in [6, 6.07) is 8.43. The van der Waals surface area contributed by atoms with Crippen LogP contribution in [-0.2, 0) is 20.9 Å². The Labute approximate surface area is 259 Å². The van der Waals surface area contributed by atoms with E-state index in [1.807, 2.05) is 13.8 Å². The molecule has 0 saturated carbocycles. The van der Waals surface area contributed by atoms with Gasteiger partial charge in [0.05, 0.1) is 10.5 Å². The number of anilines is 1. The molecular formula is C30H35F3N4O5S2. The number of likely N-dealkylation sites (tertiary alicyclic amines) is 1. The van der Waals surface area contributed by atoms with Gasteiger partial charge in [0.2, 0.25) is 5.13 Å². The number of nitrogens with zero attached hydrogens (tertiary/aromatic N) is 3. The highest BCUT2D eigenvalue weighted by molar-refractivity contribution is 7.93. The summed E-state index contributed by atoms with van der Waals surface area (Å²) in [5, 5.41) is 0.119. The Morgan fingerprint density at radius 1 is 1.07 bits per heavy atom. The molecular weight excluding hydrogens is 617 g/mol. The fourth-order valence-electron chi connectivity index (χ4n) is 5.79. The van der Waals surface area contributed by atoms with Crippen LogP contribution in [0.3, 0.4) is 0 Å². The van der Waals surface area contributed by atoms with Crippen molar-refractivity contribution in [3.63, 3.8) is 0 Å². The first-order chi connectivity index (χ1) is 20.4. The highest BCUT2D eigenvalue weighted by atomic mass is 32.2. The fourth-order valence-corrected chi connectivity index (χ4v) is 7.47. The molecule has 0 radical (unpaired) electrons. The molecule has 5 rings (SSSR count). The molecule has 14 heteroatoms. The molecule has 3 aromatic rings. The van der Waals surface area contributed by atoms with Crippen molar-refractivity contribution in [2.45, 2.75) is 88.0 Å². The molecule has 1 amide bonds. The van der Waals surface area contributed by atoms with Gasteiger partial charge < -0.3 is 14.4 Å². The number of nitrogens with one attached hydrogen (secondary N) is 1. The third-order valence-corrected chi connectivity index (χ3v) is 9.76. The number of fused-ring (bicyclic) bond motifs is 1. The van der Waals surface area contributed by atoms with Crippen molar-refractivity contribution < 1.29 is 35.9 Å². The normalized spacial score (nSPS) is 19.2. The van der Waals surface area contributed by atoms with Crippen LogP contribution in [0, 0.1) is 0 Å². The number of piperidine rings is 1. The lowest BCUT2D eigenvalue weighted by molar-refractivity contribution is -0.137. The summed E-state index contributed by atoms with van der Waals surface area (Å²) in [5.74, 6) is -0.240. The lowest BCUT2D eigenvalue weighted by Crippen LogP contribution is -2.41. The molecule has 0 aliphatic carbocycles. The van der Waals surface area contributed by atoms with Crippen LogP contribution >= 0.6 is 11.5 Å². The molecule has 1 fully saturated rings. The van der Waals surface area contributed by atoms with Crippen LogP contribution in [0.1, 0.15) is 88.0 Å². The Morgan fingerprint density at radius 3 is 2.36 bits per heavy atom. The number of sulfonamides is 1. The van der Waals surface area contributed by atoms with Crippen LogP contribution in [-0.4, -0.2) is 53.1 Å². The molecule has 9 nitrogen and oxygen atoms in total. The average Bonchev–Trinajstić information content (AvgIpc) is 3.42. The predicted octanol–water partition coefficient (Wildman–Crippen LogP) is 7.17. The lowest BCUT2D eigenvalue weighted by Gasteiger charge is -2.40. The second-order valence-corrected chi connectivity index (χ2v) is 15.2. The number of carbonyl (C=O) groups is 1. The number of hydrogen-bond acceptors (Lipinski definition) is 8. The van der Waals surface area contributed by atoms with Crippen molar-refractivity contribution in [3.05, 3.63) is 65.0 Å². The van der Waals surface area contributed by atoms with Crippen molar-refractivity contribution in [2.75, 3.05) is 17.8 Å². The minimum absolute atomic E-state index is 0.0370. The van der Waals surface area contributed by atoms with Crippen molar-refractivity contribution in [1.82, 2.24) is 14.3 Å². The molecule has 0 unspecified atom stereocenters. The van der Waals surface area contributed by atoms with Gasteiger partial charge in [-0.1, -0.05) is 12.1 Å². The van der Waals surface area contributed by atoms with Gasteiger partial charge in [-0.15, -0.1) is 0 Å². The second kappa shape index (κ2) is 11.5. The molecule has 1 atom stereocenters. The number of aromatic nitrogens is 2. The van der Waals surface area contributed by atoms with E-state index in [9.17, 15) is 26.4 Å². The first-order valence-corrected chi connectivity index (χ1v) is 16.5. The third kappa shape index (κ3) is 7.12. The molecule has 0 spiro atoms. The lowest BCUT2D eigenvalue weighted by atomic mass is 9.75. The first-order valence-electron chi connectivity index (χ1n) is 14.2. The molecule has 1 N–H and O–H groups in total. The SMILES string of the molecule is CC(C)(C)OC(=O)N1CCC(c2cc(C(F)(F)F)ccc2[C@H]2CC(C)(C)Oc3cc(S(=O)(=O)Nc4ncns4)ccc32)CC1. The number of hydrogen-bond donors (Lipinski definition) is 1. The van der Waals surface area contributed by atoms with E-state index in [-0.39, 0.29) is 21.9 Å². The summed E-state index contributed by atoms with van der Waals surface area (Å²) in [5.41, 5.74) is -0.139. The Bertz CT molecular complexity index is 1630. The van der Waals surface area contributed by atoms with E-state index in [0.717, 1.165) is 23.2 Å². The summed E-state index contributed by atoms with van der Waals surface area (Å²) < 4.78 is 85.9. The number of amides is 1. The van der Waals surface area contributed by atoms with E-state index in [4.69, 9.17) is 9.47 Å². The Kier molecular flexibility index (Phi) is 8.38. The van der Waals surface area contributed by atoms with Crippen LogP contribution in [0.2, 0.25) is 0 Å². The minimum atomic E-state index is -4.53. The van der Waals surface area contributed by atoms with Gasteiger partial charge >= 0.3 is 12.3 Å². The zero-order chi connectivity index (χ0) is 32.1. The topological polar surface area (TPSA) is 111 Å². The van der Waals surface area contributed by atoms with Gasteiger partial charge in [0.1, 0.15) is 23.3 Å². The largest absolute Gasteiger partial charge is 0.487 e. The number of ether oxygens (including phenoxy) is 2. The van der Waals surface area contributed by atoms with Crippen molar-refractivity contribution in [2.24, 2.45) is 0 Å². The Balaban J connectivity index is 1.50. The minimum Gasteiger partial charge on any atom is -0.487 e. The average molecular weight is 653 g/mol. The summed E-state index contributed by atoms with van der Waals surface area (Å²) >= 11 is 0.901. The van der Waals surface area contributed by atoms with E-state index in [2.05, 4.69) is 14.1 Å². The van der Waals surface area contributed by atoms with Crippen molar-refractivity contribution in [1.29, 1.82) is 0 Å². The van der Waals surface area contributed by atoms with E-state index < -0.39 is 39.1 Å². The van der Waals surface area contributed by atoms with E-state index in [0.29, 0.717) is 49.2 Å². The summed E-state index contributed by atoms with van der Waals surface area (Å²) in [6.45, 7) is 9.80. The molecule has 44 heavy (non-hydrogen) atoms. The molecule has 2 aliphatic heterocycles. The number of alkyl halides is 3. The van der Waals surface area contributed by atoms with Gasteiger partial charge in [0, 0.05) is 42.2 Å². The molecule has 2 aliphatic rings. The quantitative estimate of drug-likeness (QED) is 0.311. The Hall–Kier alpha value is -3.39. The molecule has 1 aromatic heterocycles. The second-order valence-electron chi connectivity index (χ2n) is 12.8. The third-order valence-electron chi connectivity index (χ3n) is 7.71. The highest BCUT2D eigenvalue weighted by Crippen LogP contribution is 2.48. The number of rotatable bonds is 5. The molecule has 238 valence electrons. The first kappa shape index (κ1) is 32.0. The van der Waals surface area contributed by atoms with Gasteiger partial charge in [-0.2, -0.15) is 17.5 Å². The molecule has 1 saturated heterocycles.